The molecule has 0 radical (unpaired) electrons. The number of esters is 3. The first-order chi connectivity index (χ1) is 29.2. The van der Waals surface area contributed by atoms with Crippen molar-refractivity contribution < 1.29 is 33.3 Å². The molecule has 0 heterocycles. The van der Waals surface area contributed by atoms with Crippen LogP contribution in [-0.2, 0) is 20.8 Å². The SMILES string of the molecule is C=C(C)C(=O)OCCCCCCOc1ccc(C(=O)Oc2ccc(CNc3ccc(/N=N/c4ccc(/N=N/c5ccc(C(=O)OC)cc5)cc4)c4ccccc34)cc2)cc1. The fourth-order valence-corrected chi connectivity index (χ4v) is 5.88. The number of benzene rings is 6. The van der Waals surface area contributed by atoms with Crippen molar-refractivity contribution in [2.24, 2.45) is 20.5 Å². The third-order valence-electron chi connectivity index (χ3n) is 9.19. The first kappa shape index (κ1) is 42.1. The van der Waals surface area contributed by atoms with E-state index in [0.29, 0.717) is 65.0 Å². The Balaban J connectivity index is 0.955. The van der Waals surface area contributed by atoms with Gasteiger partial charge in [-0.3, -0.25) is 0 Å². The van der Waals surface area contributed by atoms with Crippen molar-refractivity contribution in [3.8, 4) is 11.5 Å². The Bertz CT molecular complexity index is 2460. The lowest BCUT2D eigenvalue weighted by Crippen LogP contribution is -2.08. The molecule has 6 rings (SSSR count). The van der Waals surface area contributed by atoms with Gasteiger partial charge in [0.25, 0.3) is 0 Å². The molecule has 12 nitrogen and oxygen atoms in total. The summed E-state index contributed by atoms with van der Waals surface area (Å²) in [5.74, 6) is -0.0882. The summed E-state index contributed by atoms with van der Waals surface area (Å²) < 4.78 is 21.3. The van der Waals surface area contributed by atoms with Crippen LogP contribution in [0.4, 0.5) is 28.4 Å². The minimum atomic E-state index is -0.454. The summed E-state index contributed by atoms with van der Waals surface area (Å²) in [6.45, 7) is 6.70. The van der Waals surface area contributed by atoms with Gasteiger partial charge in [0.15, 0.2) is 0 Å². The number of fused-ring (bicyclic) bond motifs is 1. The minimum absolute atomic E-state index is 0.352. The van der Waals surface area contributed by atoms with E-state index >= 15 is 0 Å². The molecule has 1 N–H and O–H groups in total. The molecule has 0 aliphatic rings. The second-order valence-electron chi connectivity index (χ2n) is 13.7. The van der Waals surface area contributed by atoms with Crippen LogP contribution in [0.5, 0.6) is 11.5 Å². The quantitative estimate of drug-likeness (QED) is 0.0279. The van der Waals surface area contributed by atoms with Gasteiger partial charge >= 0.3 is 17.9 Å². The summed E-state index contributed by atoms with van der Waals surface area (Å²) in [7, 11) is 1.34. The number of unbranched alkanes of at least 4 members (excludes halogenated alkanes) is 3. The number of azo groups is 2. The average molecular weight is 804 g/mol. The molecule has 12 heteroatoms. The predicted molar refractivity (Wildman–Crippen MR) is 231 cm³/mol. The summed E-state index contributed by atoms with van der Waals surface area (Å²) in [4.78, 5) is 35.9. The normalized spacial score (nSPS) is 11.1. The zero-order valence-corrected chi connectivity index (χ0v) is 33.5. The van der Waals surface area contributed by atoms with Gasteiger partial charge < -0.3 is 24.3 Å². The number of nitrogens with one attached hydrogen (secondary N) is 1. The van der Waals surface area contributed by atoms with Gasteiger partial charge in [-0.1, -0.05) is 43.0 Å². The van der Waals surface area contributed by atoms with E-state index in [1.165, 1.54) is 7.11 Å². The van der Waals surface area contributed by atoms with Crippen molar-refractivity contribution in [2.45, 2.75) is 39.2 Å². The molecule has 0 unspecified atom stereocenters. The third kappa shape index (κ3) is 12.3. The van der Waals surface area contributed by atoms with E-state index in [1.54, 1.807) is 79.7 Å². The summed E-state index contributed by atoms with van der Waals surface area (Å²) in [6.07, 6.45) is 3.56. The lowest BCUT2D eigenvalue weighted by molar-refractivity contribution is -0.139. The smallest absolute Gasteiger partial charge is 0.343 e. The second-order valence-corrected chi connectivity index (χ2v) is 13.7. The van der Waals surface area contributed by atoms with Crippen LogP contribution in [0.2, 0.25) is 0 Å². The van der Waals surface area contributed by atoms with E-state index in [9.17, 15) is 14.4 Å². The monoisotopic (exact) mass is 803 g/mol. The third-order valence-corrected chi connectivity index (χ3v) is 9.19. The number of ether oxygens (including phenoxy) is 4. The van der Waals surface area contributed by atoms with E-state index in [-0.39, 0.29) is 5.97 Å². The topological polar surface area (TPSA) is 150 Å². The molecule has 60 heavy (non-hydrogen) atoms. The molecule has 0 amide bonds. The number of hydrogen-bond donors (Lipinski definition) is 1. The Morgan fingerprint density at radius 1 is 0.583 bits per heavy atom. The minimum Gasteiger partial charge on any atom is -0.494 e. The second kappa shape index (κ2) is 21.3. The first-order valence-electron chi connectivity index (χ1n) is 19.5. The molecule has 6 aromatic rings. The van der Waals surface area contributed by atoms with E-state index in [1.807, 2.05) is 60.7 Å². The molecule has 0 aliphatic heterocycles. The van der Waals surface area contributed by atoms with E-state index in [4.69, 9.17) is 18.9 Å². The molecule has 0 saturated heterocycles. The number of carbonyl (C=O) groups is 3. The Kier molecular flexibility index (Phi) is 15.0. The van der Waals surface area contributed by atoms with Crippen LogP contribution in [0.1, 0.15) is 58.9 Å². The van der Waals surface area contributed by atoms with Gasteiger partial charge in [0.1, 0.15) is 11.5 Å². The molecule has 0 atom stereocenters. The van der Waals surface area contributed by atoms with Crippen LogP contribution < -0.4 is 14.8 Å². The van der Waals surface area contributed by atoms with Crippen molar-refractivity contribution in [1.82, 2.24) is 0 Å². The standard InChI is InChI=1S/C48H45N5O7/c1-33(2)46(54)59-31-9-5-4-8-30-58-40-26-16-36(17-27-40)48(56)60-41-24-12-34(13-25-41)32-49-44-28-29-45(43-11-7-6-10-42(43)44)53-52-39-22-20-38(21-23-39)51-50-37-18-14-35(15-19-37)47(55)57-3/h6-7,10-29,49H,1,4-5,8-9,30-32H2,2-3H3/b51-50+,53-52+. The van der Waals surface area contributed by atoms with E-state index < -0.39 is 11.9 Å². The Labute approximate surface area is 348 Å². The Morgan fingerprint density at radius 3 is 1.77 bits per heavy atom. The van der Waals surface area contributed by atoms with Crippen LogP contribution in [0.15, 0.2) is 166 Å². The van der Waals surface area contributed by atoms with Gasteiger partial charge in [-0.05, 0) is 135 Å². The average Bonchev–Trinajstić information content (AvgIpc) is 3.28. The fraction of sp³-hybridized carbons (Fsp3) is 0.188. The largest absolute Gasteiger partial charge is 0.494 e. The number of carbonyl (C=O) groups excluding carboxylic acids is 3. The molecule has 0 fully saturated rings. The van der Waals surface area contributed by atoms with Gasteiger partial charge in [0, 0.05) is 28.6 Å². The number of rotatable bonds is 19. The van der Waals surface area contributed by atoms with Gasteiger partial charge in [-0.2, -0.15) is 15.3 Å². The van der Waals surface area contributed by atoms with Crippen molar-refractivity contribution >= 4 is 57.1 Å². The first-order valence-corrected chi connectivity index (χ1v) is 19.5. The highest BCUT2D eigenvalue weighted by Gasteiger charge is 2.11. The van der Waals surface area contributed by atoms with Gasteiger partial charge in [0.2, 0.25) is 0 Å². The number of nitrogens with zero attached hydrogens (tertiary/aromatic N) is 4. The highest BCUT2D eigenvalue weighted by atomic mass is 16.5. The lowest BCUT2D eigenvalue weighted by atomic mass is 10.1. The highest BCUT2D eigenvalue weighted by molar-refractivity contribution is 6.00. The van der Waals surface area contributed by atoms with Crippen molar-refractivity contribution in [3.05, 3.63) is 162 Å². The summed E-state index contributed by atoms with van der Waals surface area (Å²) in [6, 6.07) is 40.1. The summed E-state index contributed by atoms with van der Waals surface area (Å²) in [5, 5.41) is 23.0. The maximum atomic E-state index is 12.8. The molecule has 0 aliphatic carbocycles. The van der Waals surface area contributed by atoms with Crippen LogP contribution in [0.25, 0.3) is 10.8 Å². The lowest BCUT2D eigenvalue weighted by Gasteiger charge is -2.12. The van der Waals surface area contributed by atoms with Gasteiger partial charge in [-0.25, -0.2) is 14.4 Å². The molecule has 6 aromatic carbocycles. The maximum Gasteiger partial charge on any atom is 0.343 e. The highest BCUT2D eigenvalue weighted by Crippen LogP contribution is 2.34. The molecular formula is C48H45N5O7. The van der Waals surface area contributed by atoms with E-state index in [0.717, 1.165) is 53.4 Å². The molecular weight excluding hydrogens is 759 g/mol. The Morgan fingerprint density at radius 2 is 1.13 bits per heavy atom. The van der Waals surface area contributed by atoms with Crippen LogP contribution in [0, 0.1) is 0 Å². The summed E-state index contributed by atoms with van der Waals surface area (Å²) >= 11 is 0. The van der Waals surface area contributed by atoms with Crippen LogP contribution in [0.3, 0.4) is 0 Å². The molecule has 0 aromatic heterocycles. The van der Waals surface area contributed by atoms with Gasteiger partial charge in [-0.15, -0.1) is 5.11 Å². The van der Waals surface area contributed by atoms with E-state index in [2.05, 4.69) is 32.4 Å². The van der Waals surface area contributed by atoms with Crippen LogP contribution in [-0.4, -0.2) is 38.2 Å². The van der Waals surface area contributed by atoms with Crippen molar-refractivity contribution in [2.75, 3.05) is 25.6 Å². The maximum absolute atomic E-state index is 12.8. The zero-order chi connectivity index (χ0) is 42.1. The van der Waals surface area contributed by atoms with Gasteiger partial charge in [0.05, 0.1) is 54.2 Å². The molecule has 0 saturated carbocycles. The number of methoxy groups -OCH3 is 1. The van der Waals surface area contributed by atoms with Crippen molar-refractivity contribution in [1.29, 1.82) is 0 Å². The Hall–Kier alpha value is -7.47. The molecule has 304 valence electrons. The predicted octanol–water partition coefficient (Wildman–Crippen LogP) is 12.3. The summed E-state index contributed by atoms with van der Waals surface area (Å²) in [5.41, 5.74) is 5.88. The molecule has 0 spiro atoms. The number of anilines is 1. The fourth-order valence-electron chi connectivity index (χ4n) is 5.88. The molecule has 0 bridgehead atoms. The van der Waals surface area contributed by atoms with Crippen molar-refractivity contribution in [3.63, 3.8) is 0 Å². The van der Waals surface area contributed by atoms with Crippen LogP contribution >= 0.6 is 0 Å². The zero-order valence-electron chi connectivity index (χ0n) is 33.5. The number of hydrogen-bond acceptors (Lipinski definition) is 12.